The van der Waals surface area contributed by atoms with Crippen LogP contribution >= 0.6 is 11.6 Å². The van der Waals surface area contributed by atoms with Gasteiger partial charge in [0.1, 0.15) is 24.2 Å². The maximum atomic E-state index is 10.8. The zero-order valence-electron chi connectivity index (χ0n) is 20.3. The SMILES string of the molecule is Cc1nn(-c2cccc(Cl)c2)c(Oc2ccccc2)c1CN(C[C@H](O)COc1ccccc1)C1CC1. The number of ether oxygens (including phenoxy) is 2. The summed E-state index contributed by atoms with van der Waals surface area (Å²) in [5, 5.41) is 16.2. The predicted octanol–water partition coefficient (Wildman–Crippen LogP) is 6.03. The molecule has 0 radical (unpaired) electrons. The second-order valence-corrected chi connectivity index (χ2v) is 9.55. The Morgan fingerprint density at radius 3 is 2.36 bits per heavy atom. The zero-order chi connectivity index (χ0) is 24.9. The van der Waals surface area contributed by atoms with Crippen LogP contribution in [0.25, 0.3) is 5.69 Å². The third-order valence-corrected chi connectivity index (χ3v) is 6.44. The van der Waals surface area contributed by atoms with Crippen LogP contribution in [0.1, 0.15) is 24.1 Å². The molecule has 3 aromatic carbocycles. The summed E-state index contributed by atoms with van der Waals surface area (Å²) in [4.78, 5) is 2.31. The van der Waals surface area contributed by atoms with Gasteiger partial charge in [0.25, 0.3) is 0 Å². The van der Waals surface area contributed by atoms with Crippen molar-refractivity contribution in [2.24, 2.45) is 0 Å². The highest BCUT2D eigenvalue weighted by Crippen LogP contribution is 2.35. The van der Waals surface area contributed by atoms with Crippen LogP contribution in [0.15, 0.2) is 84.9 Å². The van der Waals surface area contributed by atoms with Crippen LogP contribution in [-0.2, 0) is 6.54 Å². The monoisotopic (exact) mass is 503 g/mol. The lowest BCUT2D eigenvalue weighted by Gasteiger charge is -2.25. The Kier molecular flexibility index (Phi) is 7.56. The van der Waals surface area contributed by atoms with Gasteiger partial charge in [-0.25, -0.2) is 4.68 Å². The molecule has 6 nitrogen and oxygen atoms in total. The molecule has 0 unspecified atom stereocenters. The topological polar surface area (TPSA) is 59.8 Å². The Bertz CT molecular complexity index is 1280. The molecular formula is C29H30ClN3O3. The molecule has 7 heteroatoms. The number of halogens is 1. The summed E-state index contributed by atoms with van der Waals surface area (Å²) in [5.41, 5.74) is 2.69. The molecule has 0 aliphatic heterocycles. The third-order valence-electron chi connectivity index (χ3n) is 6.20. The second-order valence-electron chi connectivity index (χ2n) is 9.11. The molecule has 5 rings (SSSR count). The molecule has 1 aliphatic rings. The van der Waals surface area contributed by atoms with Gasteiger partial charge in [-0.1, -0.05) is 54.1 Å². The smallest absolute Gasteiger partial charge is 0.227 e. The van der Waals surface area contributed by atoms with Gasteiger partial charge < -0.3 is 14.6 Å². The van der Waals surface area contributed by atoms with Gasteiger partial charge in [0, 0.05) is 24.2 Å². The summed E-state index contributed by atoms with van der Waals surface area (Å²) in [6.45, 7) is 3.35. The van der Waals surface area contributed by atoms with E-state index in [9.17, 15) is 5.11 Å². The van der Waals surface area contributed by atoms with Crippen LogP contribution in [-0.4, -0.2) is 45.1 Å². The quantitative estimate of drug-likeness (QED) is 0.271. The van der Waals surface area contributed by atoms with E-state index in [0.717, 1.165) is 41.3 Å². The molecule has 0 amide bonds. The van der Waals surface area contributed by atoms with Crippen LogP contribution in [0.4, 0.5) is 0 Å². The molecule has 0 spiro atoms. The van der Waals surface area contributed by atoms with Crippen molar-refractivity contribution in [1.82, 2.24) is 14.7 Å². The number of hydrogen-bond acceptors (Lipinski definition) is 5. The lowest BCUT2D eigenvalue weighted by Crippen LogP contribution is -2.36. The van der Waals surface area contributed by atoms with Gasteiger partial charge in [0.15, 0.2) is 0 Å². The van der Waals surface area contributed by atoms with E-state index in [0.29, 0.717) is 30.0 Å². The number of aliphatic hydroxyl groups excluding tert-OH is 1. The summed E-state index contributed by atoms with van der Waals surface area (Å²) in [5.74, 6) is 2.14. The van der Waals surface area contributed by atoms with Gasteiger partial charge in [0.2, 0.25) is 5.88 Å². The van der Waals surface area contributed by atoms with Gasteiger partial charge in [-0.2, -0.15) is 5.10 Å². The normalized spacial score (nSPS) is 14.1. The van der Waals surface area contributed by atoms with Gasteiger partial charge in [-0.3, -0.25) is 4.90 Å². The van der Waals surface area contributed by atoms with Crippen molar-refractivity contribution >= 4 is 11.6 Å². The number of nitrogens with zero attached hydrogens (tertiary/aromatic N) is 3. The summed E-state index contributed by atoms with van der Waals surface area (Å²) in [6, 6.07) is 27.3. The lowest BCUT2D eigenvalue weighted by atomic mass is 10.2. The minimum atomic E-state index is -0.618. The first-order valence-corrected chi connectivity index (χ1v) is 12.6. The molecule has 0 bridgehead atoms. The van der Waals surface area contributed by atoms with E-state index < -0.39 is 6.10 Å². The standard InChI is InChI=1S/C29H30ClN3O3/c1-21-28(19-32(23-15-16-23)18-25(34)20-35-26-11-4-2-5-12-26)29(36-27-13-6-3-7-14-27)33(31-21)24-10-8-9-22(30)17-24/h2-14,17,23,25,34H,15-16,18-20H2,1H3/t25-/m0/s1. The van der Waals surface area contributed by atoms with Crippen molar-refractivity contribution < 1.29 is 14.6 Å². The molecule has 1 fully saturated rings. The van der Waals surface area contributed by atoms with Crippen molar-refractivity contribution in [3.8, 4) is 23.1 Å². The van der Waals surface area contributed by atoms with Crippen LogP contribution < -0.4 is 9.47 Å². The minimum absolute atomic E-state index is 0.237. The Labute approximate surface area is 216 Å². The number of hydrogen-bond donors (Lipinski definition) is 1. The Hall–Kier alpha value is -3.32. The highest BCUT2D eigenvalue weighted by atomic mass is 35.5. The molecule has 1 heterocycles. The fourth-order valence-corrected chi connectivity index (χ4v) is 4.41. The summed E-state index contributed by atoms with van der Waals surface area (Å²) in [7, 11) is 0. The van der Waals surface area contributed by atoms with Gasteiger partial charge >= 0.3 is 0 Å². The molecule has 4 aromatic rings. The minimum Gasteiger partial charge on any atom is -0.491 e. The number of aromatic nitrogens is 2. The Balaban J connectivity index is 1.39. The summed E-state index contributed by atoms with van der Waals surface area (Å²) in [6.07, 6.45) is 1.61. The van der Waals surface area contributed by atoms with Crippen molar-refractivity contribution in [3.05, 3.63) is 101 Å². The van der Waals surface area contributed by atoms with E-state index in [2.05, 4.69) is 4.90 Å². The van der Waals surface area contributed by atoms with Crippen LogP contribution in [0, 0.1) is 6.92 Å². The molecule has 1 N–H and O–H groups in total. The molecule has 1 saturated carbocycles. The first kappa shape index (κ1) is 24.4. The highest BCUT2D eigenvalue weighted by Gasteiger charge is 2.32. The molecule has 1 aromatic heterocycles. The van der Waals surface area contributed by atoms with Crippen molar-refractivity contribution in [2.45, 2.75) is 38.5 Å². The summed E-state index contributed by atoms with van der Waals surface area (Å²) < 4.78 is 14.0. The predicted molar refractivity (Wildman–Crippen MR) is 141 cm³/mol. The fraction of sp³-hybridized carbons (Fsp3) is 0.276. The van der Waals surface area contributed by atoms with E-state index in [1.165, 1.54) is 0 Å². The Morgan fingerprint density at radius 1 is 1.00 bits per heavy atom. The van der Waals surface area contributed by atoms with Crippen LogP contribution in [0.2, 0.25) is 5.02 Å². The first-order valence-electron chi connectivity index (χ1n) is 12.2. The number of aryl methyl sites for hydroxylation is 1. The van der Waals surface area contributed by atoms with Crippen molar-refractivity contribution in [1.29, 1.82) is 0 Å². The van der Waals surface area contributed by atoms with Gasteiger partial charge in [0.05, 0.1) is 16.9 Å². The van der Waals surface area contributed by atoms with Crippen LogP contribution in [0.5, 0.6) is 17.4 Å². The van der Waals surface area contributed by atoms with E-state index in [1.807, 2.05) is 96.5 Å². The van der Waals surface area contributed by atoms with E-state index >= 15 is 0 Å². The molecule has 1 aliphatic carbocycles. The Morgan fingerprint density at radius 2 is 1.69 bits per heavy atom. The van der Waals surface area contributed by atoms with E-state index in [1.54, 1.807) is 0 Å². The number of aliphatic hydroxyl groups is 1. The molecule has 186 valence electrons. The number of rotatable bonds is 11. The van der Waals surface area contributed by atoms with Crippen molar-refractivity contribution in [2.75, 3.05) is 13.2 Å². The lowest BCUT2D eigenvalue weighted by molar-refractivity contribution is 0.0623. The van der Waals surface area contributed by atoms with Crippen molar-refractivity contribution in [3.63, 3.8) is 0 Å². The maximum absolute atomic E-state index is 10.8. The molecular weight excluding hydrogens is 474 g/mol. The third kappa shape index (κ3) is 6.08. The highest BCUT2D eigenvalue weighted by molar-refractivity contribution is 6.30. The largest absolute Gasteiger partial charge is 0.491 e. The van der Waals surface area contributed by atoms with Crippen LogP contribution in [0.3, 0.4) is 0 Å². The molecule has 1 atom stereocenters. The van der Waals surface area contributed by atoms with Gasteiger partial charge in [-0.05, 0) is 62.2 Å². The number of benzene rings is 3. The average Bonchev–Trinajstić information content (AvgIpc) is 3.70. The zero-order valence-corrected chi connectivity index (χ0v) is 21.0. The van der Waals surface area contributed by atoms with E-state index in [-0.39, 0.29) is 6.61 Å². The number of para-hydroxylation sites is 2. The fourth-order valence-electron chi connectivity index (χ4n) is 4.23. The first-order chi connectivity index (χ1) is 17.6. The second kappa shape index (κ2) is 11.2. The van der Waals surface area contributed by atoms with Gasteiger partial charge in [-0.15, -0.1) is 0 Å². The van der Waals surface area contributed by atoms with E-state index in [4.69, 9.17) is 26.2 Å². The average molecular weight is 504 g/mol. The maximum Gasteiger partial charge on any atom is 0.227 e. The summed E-state index contributed by atoms with van der Waals surface area (Å²) >= 11 is 6.29. The molecule has 0 saturated heterocycles. The molecule has 36 heavy (non-hydrogen) atoms.